The molecule has 0 bridgehead atoms. The SMILES string of the molecule is CCn1cc(Br)cc1C(=O)N1CCN(C(=O)c2ccc(F)c(F)c2)CC1. The second-order valence-electron chi connectivity index (χ2n) is 6.04. The van der Waals surface area contributed by atoms with E-state index in [1.165, 1.54) is 6.07 Å². The van der Waals surface area contributed by atoms with Crippen LogP contribution in [0.5, 0.6) is 0 Å². The summed E-state index contributed by atoms with van der Waals surface area (Å²) in [6.07, 6.45) is 1.86. The number of amides is 2. The van der Waals surface area contributed by atoms with Crippen LogP contribution in [0.15, 0.2) is 34.9 Å². The van der Waals surface area contributed by atoms with Gasteiger partial charge in [-0.1, -0.05) is 0 Å². The van der Waals surface area contributed by atoms with Gasteiger partial charge in [0, 0.05) is 49.0 Å². The maximum Gasteiger partial charge on any atom is 0.270 e. The van der Waals surface area contributed by atoms with Crippen molar-refractivity contribution in [1.82, 2.24) is 14.4 Å². The van der Waals surface area contributed by atoms with Crippen LogP contribution in [0.25, 0.3) is 0 Å². The Morgan fingerprint density at radius 3 is 2.19 bits per heavy atom. The molecule has 8 heteroatoms. The van der Waals surface area contributed by atoms with E-state index < -0.39 is 11.6 Å². The van der Waals surface area contributed by atoms with Gasteiger partial charge in [0.1, 0.15) is 5.69 Å². The molecule has 138 valence electrons. The minimum absolute atomic E-state index is 0.0857. The second-order valence-corrected chi connectivity index (χ2v) is 6.96. The number of benzene rings is 1. The zero-order chi connectivity index (χ0) is 18.8. The molecule has 0 saturated carbocycles. The predicted molar refractivity (Wildman–Crippen MR) is 96.0 cm³/mol. The van der Waals surface area contributed by atoms with Gasteiger partial charge in [-0.25, -0.2) is 8.78 Å². The van der Waals surface area contributed by atoms with Gasteiger partial charge in [-0.2, -0.15) is 0 Å². The van der Waals surface area contributed by atoms with Crippen LogP contribution in [0.3, 0.4) is 0 Å². The van der Waals surface area contributed by atoms with Crippen LogP contribution in [0.1, 0.15) is 27.8 Å². The van der Waals surface area contributed by atoms with E-state index in [1.54, 1.807) is 15.9 Å². The molecule has 1 saturated heterocycles. The Kier molecular flexibility index (Phi) is 5.41. The summed E-state index contributed by atoms with van der Waals surface area (Å²) in [5.74, 6) is -2.48. The van der Waals surface area contributed by atoms with E-state index in [4.69, 9.17) is 0 Å². The monoisotopic (exact) mass is 425 g/mol. The van der Waals surface area contributed by atoms with Gasteiger partial charge in [-0.05, 0) is 47.1 Å². The Morgan fingerprint density at radius 2 is 1.62 bits per heavy atom. The molecule has 3 rings (SSSR count). The number of aryl methyl sites for hydroxylation is 1. The van der Waals surface area contributed by atoms with Gasteiger partial charge in [-0.15, -0.1) is 0 Å². The lowest BCUT2D eigenvalue weighted by Crippen LogP contribution is -2.50. The number of rotatable bonds is 3. The molecule has 2 amide bonds. The lowest BCUT2D eigenvalue weighted by molar-refractivity contribution is 0.0529. The molecular formula is C18H18BrF2N3O2. The van der Waals surface area contributed by atoms with E-state index in [2.05, 4.69) is 15.9 Å². The van der Waals surface area contributed by atoms with E-state index in [0.29, 0.717) is 38.4 Å². The molecule has 1 aromatic heterocycles. The van der Waals surface area contributed by atoms with Crippen molar-refractivity contribution in [2.24, 2.45) is 0 Å². The quantitative estimate of drug-likeness (QED) is 0.757. The van der Waals surface area contributed by atoms with E-state index in [0.717, 1.165) is 16.6 Å². The lowest BCUT2D eigenvalue weighted by atomic mass is 10.1. The minimum Gasteiger partial charge on any atom is -0.343 e. The third-order valence-corrected chi connectivity index (χ3v) is 4.88. The predicted octanol–water partition coefficient (Wildman–Crippen LogP) is 3.15. The van der Waals surface area contributed by atoms with Crippen LogP contribution in [-0.2, 0) is 6.54 Å². The standard InChI is InChI=1S/C18H18BrF2N3O2/c1-2-22-11-13(19)10-16(22)18(26)24-7-5-23(6-8-24)17(25)12-3-4-14(20)15(21)9-12/h3-4,9-11H,2,5-8H2,1H3. The summed E-state index contributed by atoms with van der Waals surface area (Å²) in [4.78, 5) is 28.4. The van der Waals surface area contributed by atoms with Crippen LogP contribution in [0.4, 0.5) is 8.78 Å². The normalized spacial score (nSPS) is 14.6. The van der Waals surface area contributed by atoms with Gasteiger partial charge in [0.25, 0.3) is 11.8 Å². The fraction of sp³-hybridized carbons (Fsp3) is 0.333. The summed E-state index contributed by atoms with van der Waals surface area (Å²) in [6, 6.07) is 4.90. The van der Waals surface area contributed by atoms with Crippen LogP contribution >= 0.6 is 15.9 Å². The molecule has 0 atom stereocenters. The number of hydrogen-bond donors (Lipinski definition) is 0. The van der Waals surface area contributed by atoms with Crippen molar-refractivity contribution in [3.8, 4) is 0 Å². The Morgan fingerprint density at radius 1 is 1.00 bits per heavy atom. The van der Waals surface area contributed by atoms with Crippen LogP contribution < -0.4 is 0 Å². The summed E-state index contributed by atoms with van der Waals surface area (Å²) >= 11 is 3.38. The first kappa shape index (κ1) is 18.6. The molecule has 0 aliphatic carbocycles. The fourth-order valence-corrected chi connectivity index (χ4v) is 3.47. The highest BCUT2D eigenvalue weighted by molar-refractivity contribution is 9.10. The molecule has 5 nitrogen and oxygen atoms in total. The molecule has 1 fully saturated rings. The molecule has 0 unspecified atom stereocenters. The van der Waals surface area contributed by atoms with Gasteiger partial charge in [0.15, 0.2) is 11.6 Å². The third kappa shape index (κ3) is 3.65. The highest BCUT2D eigenvalue weighted by Gasteiger charge is 2.27. The Hall–Kier alpha value is -2.22. The smallest absolute Gasteiger partial charge is 0.270 e. The first-order valence-electron chi connectivity index (χ1n) is 8.30. The lowest BCUT2D eigenvalue weighted by Gasteiger charge is -2.35. The average Bonchev–Trinajstić information content (AvgIpc) is 3.03. The van der Waals surface area contributed by atoms with E-state index in [9.17, 15) is 18.4 Å². The summed E-state index contributed by atoms with van der Waals surface area (Å²) in [7, 11) is 0. The Labute approximate surface area is 158 Å². The highest BCUT2D eigenvalue weighted by Crippen LogP contribution is 2.18. The van der Waals surface area contributed by atoms with Crippen molar-refractivity contribution in [2.75, 3.05) is 26.2 Å². The number of halogens is 3. The molecule has 26 heavy (non-hydrogen) atoms. The topological polar surface area (TPSA) is 45.6 Å². The third-order valence-electron chi connectivity index (χ3n) is 4.44. The summed E-state index contributed by atoms with van der Waals surface area (Å²) in [6.45, 7) is 4.11. The molecule has 1 aliphatic rings. The molecule has 0 radical (unpaired) electrons. The Bertz CT molecular complexity index is 845. The van der Waals surface area contributed by atoms with Gasteiger partial charge in [-0.3, -0.25) is 9.59 Å². The van der Waals surface area contributed by atoms with Gasteiger partial charge < -0.3 is 14.4 Å². The molecule has 2 heterocycles. The number of nitrogens with zero attached hydrogens (tertiary/aromatic N) is 3. The average molecular weight is 426 g/mol. The first-order valence-corrected chi connectivity index (χ1v) is 9.09. The first-order chi connectivity index (χ1) is 12.4. The molecule has 2 aromatic rings. The van der Waals surface area contributed by atoms with Crippen LogP contribution in [-0.4, -0.2) is 52.4 Å². The van der Waals surface area contributed by atoms with E-state index >= 15 is 0 Å². The highest BCUT2D eigenvalue weighted by atomic mass is 79.9. The number of carbonyl (C=O) groups is 2. The zero-order valence-corrected chi connectivity index (χ0v) is 15.8. The number of carbonyl (C=O) groups excluding carboxylic acids is 2. The summed E-state index contributed by atoms with van der Waals surface area (Å²) < 4.78 is 29.1. The number of aromatic nitrogens is 1. The zero-order valence-electron chi connectivity index (χ0n) is 14.2. The van der Waals surface area contributed by atoms with Gasteiger partial charge >= 0.3 is 0 Å². The fourth-order valence-electron chi connectivity index (χ4n) is 3.00. The molecule has 1 aromatic carbocycles. The summed E-state index contributed by atoms with van der Waals surface area (Å²) in [5.41, 5.74) is 0.701. The Balaban J connectivity index is 1.66. The molecule has 1 aliphatic heterocycles. The van der Waals surface area contributed by atoms with Crippen molar-refractivity contribution in [3.05, 3.63) is 57.8 Å². The molecule has 0 spiro atoms. The second kappa shape index (κ2) is 7.57. The van der Waals surface area contributed by atoms with E-state index in [1.807, 2.05) is 17.7 Å². The summed E-state index contributed by atoms with van der Waals surface area (Å²) in [5, 5.41) is 0. The largest absolute Gasteiger partial charge is 0.343 e. The van der Waals surface area contributed by atoms with Crippen molar-refractivity contribution >= 4 is 27.7 Å². The molecular weight excluding hydrogens is 408 g/mol. The van der Waals surface area contributed by atoms with Crippen molar-refractivity contribution in [2.45, 2.75) is 13.5 Å². The van der Waals surface area contributed by atoms with Gasteiger partial charge in [0.05, 0.1) is 0 Å². The van der Waals surface area contributed by atoms with Crippen molar-refractivity contribution in [1.29, 1.82) is 0 Å². The van der Waals surface area contributed by atoms with Gasteiger partial charge in [0.2, 0.25) is 0 Å². The van der Waals surface area contributed by atoms with Crippen LogP contribution in [0.2, 0.25) is 0 Å². The minimum atomic E-state index is -1.05. The number of hydrogen-bond acceptors (Lipinski definition) is 2. The number of piperazine rings is 1. The van der Waals surface area contributed by atoms with Crippen LogP contribution in [0, 0.1) is 11.6 Å². The van der Waals surface area contributed by atoms with E-state index in [-0.39, 0.29) is 17.4 Å². The van der Waals surface area contributed by atoms with Crippen molar-refractivity contribution < 1.29 is 18.4 Å². The van der Waals surface area contributed by atoms with Crippen molar-refractivity contribution in [3.63, 3.8) is 0 Å². The maximum absolute atomic E-state index is 13.3. The maximum atomic E-state index is 13.3. The molecule has 0 N–H and O–H groups in total.